The summed E-state index contributed by atoms with van der Waals surface area (Å²) in [6.07, 6.45) is 0.390. The summed E-state index contributed by atoms with van der Waals surface area (Å²) in [7, 11) is -8.62. The van der Waals surface area contributed by atoms with Crippen molar-refractivity contribution in [3.63, 3.8) is 0 Å². The van der Waals surface area contributed by atoms with Crippen LogP contribution in [0.2, 0.25) is 0 Å². The van der Waals surface area contributed by atoms with Gasteiger partial charge in [-0.1, -0.05) is 0 Å². The highest BCUT2D eigenvalue weighted by Gasteiger charge is 2.38. The predicted molar refractivity (Wildman–Crippen MR) is 102 cm³/mol. The first kappa shape index (κ1) is 22.8. The van der Waals surface area contributed by atoms with E-state index in [4.69, 9.17) is 24.3 Å². The third-order valence-electron chi connectivity index (χ3n) is 4.64. The van der Waals surface area contributed by atoms with E-state index in [1.807, 2.05) is 0 Å². The molecule has 5 N–H and O–H groups in total. The Hall–Kier alpha value is -1.92. The number of nitrogens with zero attached hydrogens (tertiary/aromatic N) is 4. The molecule has 1 amide bonds. The maximum atomic E-state index is 12.4. The van der Waals surface area contributed by atoms with Gasteiger partial charge in [0.05, 0.1) is 43.7 Å². The molecule has 14 nitrogen and oxygen atoms in total. The number of aromatic amines is 1. The Morgan fingerprint density at radius 2 is 1.87 bits per heavy atom. The number of H-pyrrole nitrogens is 1. The van der Waals surface area contributed by atoms with Gasteiger partial charge in [-0.15, -0.1) is 0 Å². The van der Waals surface area contributed by atoms with Crippen LogP contribution in [0.15, 0.2) is 17.4 Å². The van der Waals surface area contributed by atoms with Crippen molar-refractivity contribution < 1.29 is 38.2 Å². The fourth-order valence-corrected chi connectivity index (χ4v) is 4.05. The molecule has 2 aromatic heterocycles. The summed E-state index contributed by atoms with van der Waals surface area (Å²) < 4.78 is 29.3. The van der Waals surface area contributed by atoms with Gasteiger partial charge in [0, 0.05) is 19.5 Å². The van der Waals surface area contributed by atoms with Gasteiger partial charge in [0.1, 0.15) is 0 Å². The third kappa shape index (κ3) is 5.61. The lowest BCUT2D eigenvalue weighted by atomic mass is 10.2. The number of likely N-dealkylation sites (tertiary alicyclic amines) is 1. The second-order valence-corrected chi connectivity index (χ2v) is 10.4. The summed E-state index contributed by atoms with van der Waals surface area (Å²) in [5, 5.41) is 0. The van der Waals surface area contributed by atoms with Gasteiger partial charge in [0.2, 0.25) is 5.91 Å². The standard InChI is InChI=1S/C14H21N5O9P2/c20-11(1-3-29(22,23)24)18-5-9(10(6-18)28-2-4-30(25,26)27)19-8-17-12-13(19)15-7-16-14(12)21/h7-10H,1-6H2,(H,15,16,21)(H2,22,23,24)(H2,25,26,27)/t9?,10-/m0/s1. The number of nitrogens with one attached hydrogen (secondary N) is 1. The third-order valence-corrected chi connectivity index (χ3v) is 6.21. The summed E-state index contributed by atoms with van der Waals surface area (Å²) in [5.74, 6) is -0.500. The van der Waals surface area contributed by atoms with Crippen molar-refractivity contribution in [2.75, 3.05) is 32.0 Å². The monoisotopic (exact) mass is 465 g/mol. The van der Waals surface area contributed by atoms with Crippen molar-refractivity contribution in [3.8, 4) is 0 Å². The second kappa shape index (κ2) is 8.67. The largest absolute Gasteiger partial charge is 0.373 e. The van der Waals surface area contributed by atoms with Crippen molar-refractivity contribution in [2.45, 2.75) is 18.6 Å². The fraction of sp³-hybridized carbons (Fsp3) is 0.571. The number of imidazole rings is 1. The molecule has 0 radical (unpaired) electrons. The molecule has 2 aromatic rings. The van der Waals surface area contributed by atoms with Crippen LogP contribution < -0.4 is 5.56 Å². The predicted octanol–water partition coefficient (Wildman–Crippen LogP) is -1.37. The Morgan fingerprint density at radius 1 is 1.17 bits per heavy atom. The minimum atomic E-state index is -4.34. The van der Waals surface area contributed by atoms with E-state index in [1.165, 1.54) is 17.6 Å². The molecule has 1 aliphatic heterocycles. The number of carbonyl (C=O) groups is 1. The zero-order valence-corrected chi connectivity index (χ0v) is 17.4. The molecule has 2 atom stereocenters. The first-order valence-electron chi connectivity index (χ1n) is 8.83. The van der Waals surface area contributed by atoms with Crippen LogP contribution in [-0.4, -0.2) is 88.0 Å². The van der Waals surface area contributed by atoms with Crippen molar-refractivity contribution in [1.82, 2.24) is 24.4 Å². The van der Waals surface area contributed by atoms with Crippen molar-refractivity contribution in [3.05, 3.63) is 23.0 Å². The van der Waals surface area contributed by atoms with Crippen LogP contribution in [0.3, 0.4) is 0 Å². The van der Waals surface area contributed by atoms with Gasteiger partial charge in [-0.25, -0.2) is 9.97 Å². The highest BCUT2D eigenvalue weighted by Crippen LogP contribution is 2.36. The molecule has 0 saturated carbocycles. The molecule has 1 unspecified atom stereocenters. The zero-order chi connectivity index (χ0) is 22.1. The molecule has 0 aliphatic carbocycles. The fourth-order valence-electron chi connectivity index (χ4n) is 3.22. The number of aromatic nitrogens is 4. The van der Waals surface area contributed by atoms with Gasteiger partial charge in [-0.05, 0) is 0 Å². The van der Waals surface area contributed by atoms with E-state index in [9.17, 15) is 18.7 Å². The lowest BCUT2D eigenvalue weighted by Crippen LogP contribution is -2.30. The second-order valence-electron chi connectivity index (χ2n) is 6.86. The number of fused-ring (bicyclic) bond motifs is 1. The van der Waals surface area contributed by atoms with Gasteiger partial charge in [-0.2, -0.15) is 0 Å². The lowest BCUT2D eigenvalue weighted by Gasteiger charge is -2.20. The molecular formula is C14H21N5O9P2. The number of rotatable bonds is 8. The molecule has 166 valence electrons. The maximum absolute atomic E-state index is 12.4. The quantitative estimate of drug-likeness (QED) is 0.287. The van der Waals surface area contributed by atoms with E-state index in [1.54, 1.807) is 4.57 Å². The van der Waals surface area contributed by atoms with Gasteiger partial charge in [0.15, 0.2) is 11.2 Å². The van der Waals surface area contributed by atoms with Gasteiger partial charge in [0.25, 0.3) is 5.56 Å². The minimum Gasteiger partial charge on any atom is -0.373 e. The van der Waals surface area contributed by atoms with E-state index < -0.39 is 51.1 Å². The van der Waals surface area contributed by atoms with E-state index in [0.717, 1.165) is 0 Å². The summed E-state index contributed by atoms with van der Waals surface area (Å²) >= 11 is 0. The number of carbonyl (C=O) groups excluding carboxylic acids is 1. The Labute approximate surface area is 169 Å². The molecular weight excluding hydrogens is 444 g/mol. The average Bonchev–Trinajstić information content (AvgIpc) is 3.23. The molecule has 16 heteroatoms. The van der Waals surface area contributed by atoms with Crippen molar-refractivity contribution >= 4 is 32.3 Å². The maximum Gasteiger partial charge on any atom is 0.327 e. The molecule has 0 bridgehead atoms. The van der Waals surface area contributed by atoms with Crippen LogP contribution in [0.25, 0.3) is 11.2 Å². The molecule has 30 heavy (non-hydrogen) atoms. The van der Waals surface area contributed by atoms with Crippen LogP contribution in [0, 0.1) is 0 Å². The number of amides is 1. The Balaban J connectivity index is 1.82. The van der Waals surface area contributed by atoms with Gasteiger partial charge < -0.3 is 38.8 Å². The minimum absolute atomic E-state index is 0.0364. The summed E-state index contributed by atoms with van der Waals surface area (Å²) in [6, 6.07) is -0.569. The van der Waals surface area contributed by atoms with E-state index in [-0.39, 0.29) is 37.3 Å². The molecule has 0 spiro atoms. The van der Waals surface area contributed by atoms with E-state index in [0.29, 0.717) is 0 Å². The summed E-state index contributed by atoms with van der Waals surface area (Å²) in [5.41, 5.74) is -0.125. The summed E-state index contributed by atoms with van der Waals surface area (Å²) in [4.78, 5) is 72.2. The normalized spacial score (nSPS) is 20.2. The van der Waals surface area contributed by atoms with Crippen molar-refractivity contribution in [1.29, 1.82) is 0 Å². The first-order chi connectivity index (χ1) is 13.9. The Kier molecular flexibility index (Phi) is 6.58. The van der Waals surface area contributed by atoms with Crippen LogP contribution in [0.5, 0.6) is 0 Å². The highest BCUT2D eigenvalue weighted by atomic mass is 31.2. The van der Waals surface area contributed by atoms with Crippen LogP contribution in [0.1, 0.15) is 12.5 Å². The summed E-state index contributed by atoms with van der Waals surface area (Å²) in [6.45, 7) is -0.147. The molecule has 1 saturated heterocycles. The topological polar surface area (TPSA) is 208 Å². The average molecular weight is 465 g/mol. The molecule has 1 fully saturated rings. The zero-order valence-electron chi connectivity index (χ0n) is 15.6. The number of hydrogen-bond donors (Lipinski definition) is 5. The highest BCUT2D eigenvalue weighted by molar-refractivity contribution is 7.52. The molecule has 3 rings (SSSR count). The van der Waals surface area contributed by atoms with Crippen LogP contribution in [-0.2, 0) is 18.7 Å². The lowest BCUT2D eigenvalue weighted by molar-refractivity contribution is -0.130. The Morgan fingerprint density at radius 3 is 2.53 bits per heavy atom. The SMILES string of the molecule is O=C(CCP(=O)(O)O)N1CC(n2cnc3c(=O)[nH]cnc32)[C@@H](OCCP(=O)(O)O)C1. The molecule has 0 aromatic carbocycles. The Bertz CT molecular complexity index is 1070. The van der Waals surface area contributed by atoms with Crippen LogP contribution >= 0.6 is 15.2 Å². The van der Waals surface area contributed by atoms with Crippen LogP contribution in [0.4, 0.5) is 0 Å². The van der Waals surface area contributed by atoms with E-state index >= 15 is 0 Å². The van der Waals surface area contributed by atoms with Gasteiger partial charge in [-0.3, -0.25) is 18.7 Å². The number of hydrogen-bond acceptors (Lipinski definition) is 7. The molecule has 1 aliphatic rings. The van der Waals surface area contributed by atoms with E-state index in [2.05, 4.69) is 15.0 Å². The van der Waals surface area contributed by atoms with Crippen molar-refractivity contribution in [2.24, 2.45) is 0 Å². The number of ether oxygens (including phenoxy) is 1. The first-order valence-corrected chi connectivity index (χ1v) is 12.4. The smallest absolute Gasteiger partial charge is 0.327 e. The molecule has 3 heterocycles. The van der Waals surface area contributed by atoms with Gasteiger partial charge >= 0.3 is 15.2 Å².